The summed E-state index contributed by atoms with van der Waals surface area (Å²) in [6.07, 6.45) is 4.12. The van der Waals surface area contributed by atoms with E-state index in [2.05, 4.69) is 32.1 Å². The molecule has 1 radical (unpaired) electrons. The van der Waals surface area contributed by atoms with Crippen molar-refractivity contribution in [1.82, 2.24) is 0 Å². The zero-order chi connectivity index (χ0) is 5.54. The van der Waals surface area contributed by atoms with Crippen molar-refractivity contribution in [2.24, 2.45) is 0 Å². The molecule has 0 atom stereocenters. The maximum atomic E-state index is 3.38. The first-order valence-corrected chi connectivity index (χ1v) is 2.48. The van der Waals surface area contributed by atoms with Crippen LogP contribution < -0.4 is 0 Å². The van der Waals surface area contributed by atoms with Crippen LogP contribution in [0, 0.1) is 25.2 Å². The lowest BCUT2D eigenvalue weighted by atomic mass is 10.3. The quantitative estimate of drug-likeness (QED) is 0.278. The van der Waals surface area contributed by atoms with Gasteiger partial charge < -0.3 is 0 Å². The average Bonchev–Trinajstić information content (AvgIpc) is 1.69. The molecule has 0 unspecified atom stereocenters. The van der Waals surface area contributed by atoms with Crippen LogP contribution in [-0.2, 0) is 0 Å². The van der Waals surface area contributed by atoms with Gasteiger partial charge in [-0.15, -0.1) is 0 Å². The predicted molar refractivity (Wildman–Crippen MR) is 32.3 cm³/mol. The molecular weight excluding hydrogens is 84.1 g/mol. The Morgan fingerprint density at radius 2 is 2.43 bits per heavy atom. The van der Waals surface area contributed by atoms with E-state index in [0.29, 0.717) is 0 Å². The van der Waals surface area contributed by atoms with Crippen LogP contribution in [0.2, 0.25) is 0 Å². The minimum atomic E-state index is 0.889. The highest BCUT2D eigenvalue weighted by atomic mass is 13.8. The molecule has 0 aliphatic rings. The predicted octanol–water partition coefficient (Wildman–Crippen LogP) is 1.83. The van der Waals surface area contributed by atoms with Crippen molar-refractivity contribution in [2.75, 3.05) is 0 Å². The van der Waals surface area contributed by atoms with Gasteiger partial charge in [0, 0.05) is 0 Å². The first-order valence-electron chi connectivity index (χ1n) is 2.48. The van der Waals surface area contributed by atoms with Crippen molar-refractivity contribution >= 4 is 0 Å². The number of unbranched alkanes of at least 4 members (excludes halogenated alkanes) is 2. The van der Waals surface area contributed by atoms with Gasteiger partial charge in [0.2, 0.25) is 0 Å². The van der Waals surface area contributed by atoms with Crippen molar-refractivity contribution in [2.45, 2.75) is 19.8 Å². The van der Waals surface area contributed by atoms with Gasteiger partial charge in [0.15, 0.2) is 0 Å². The Hall–Kier alpha value is -0.570. The lowest BCUT2D eigenvalue weighted by Crippen LogP contribution is -1.66. The molecule has 0 heteroatoms. The van der Waals surface area contributed by atoms with E-state index < -0.39 is 0 Å². The maximum Gasteiger partial charge on any atom is 0.135 e. The molecule has 0 aromatic carbocycles. The summed E-state index contributed by atoms with van der Waals surface area (Å²) in [5, 5.41) is 0. The fraction of sp³-hybridized carbons (Fsp3) is 0.429. The molecule has 0 nitrogen and oxygen atoms in total. The SMILES string of the molecule is [CH2+]C#CC[CH]CC. The Morgan fingerprint density at radius 1 is 1.71 bits per heavy atom. The maximum absolute atomic E-state index is 3.38. The molecule has 0 aromatic heterocycles. The molecule has 0 saturated heterocycles. The fourth-order valence-corrected chi connectivity index (χ4v) is 0.289. The Morgan fingerprint density at radius 3 is 2.86 bits per heavy atom. The molecule has 0 heterocycles. The minimum absolute atomic E-state index is 0.889. The number of rotatable bonds is 2. The molecule has 0 fully saturated rings. The van der Waals surface area contributed by atoms with Crippen molar-refractivity contribution in [1.29, 1.82) is 0 Å². The van der Waals surface area contributed by atoms with Crippen molar-refractivity contribution in [3.8, 4) is 11.8 Å². The summed E-state index contributed by atoms with van der Waals surface area (Å²) >= 11 is 0. The summed E-state index contributed by atoms with van der Waals surface area (Å²) in [5.41, 5.74) is 0. The van der Waals surface area contributed by atoms with Crippen LogP contribution in [0.4, 0.5) is 0 Å². The van der Waals surface area contributed by atoms with Crippen molar-refractivity contribution in [3.63, 3.8) is 0 Å². The van der Waals surface area contributed by atoms with Crippen molar-refractivity contribution < 1.29 is 0 Å². The van der Waals surface area contributed by atoms with E-state index in [-0.39, 0.29) is 0 Å². The van der Waals surface area contributed by atoms with Crippen LogP contribution in [0.3, 0.4) is 0 Å². The monoisotopic (exact) mass is 94.1 g/mol. The Bertz CT molecular complexity index is 71.8. The zero-order valence-corrected chi connectivity index (χ0v) is 4.70. The number of hydrogen-bond donors (Lipinski definition) is 0. The van der Waals surface area contributed by atoms with E-state index >= 15 is 0 Å². The average molecular weight is 94.2 g/mol. The van der Waals surface area contributed by atoms with Crippen molar-refractivity contribution in [3.05, 3.63) is 13.3 Å². The Labute approximate surface area is 45.9 Å². The van der Waals surface area contributed by atoms with Gasteiger partial charge in [-0.3, -0.25) is 0 Å². The van der Waals surface area contributed by atoms with Gasteiger partial charge in [0.05, 0.1) is 13.3 Å². The van der Waals surface area contributed by atoms with Crippen LogP contribution in [0.15, 0.2) is 0 Å². The lowest BCUT2D eigenvalue weighted by molar-refractivity contribution is 1.04. The molecule has 0 aliphatic carbocycles. The summed E-state index contributed by atoms with van der Waals surface area (Å²) in [4.78, 5) is 0. The van der Waals surface area contributed by atoms with Gasteiger partial charge in [0.1, 0.15) is 11.8 Å². The third-order valence-corrected chi connectivity index (χ3v) is 0.660. The van der Waals surface area contributed by atoms with E-state index in [1.807, 2.05) is 0 Å². The Kier molecular flexibility index (Phi) is 4.99. The standard InChI is InChI=1S/C7H10/c1-3-5-7-6-4-2/h6H,1,4,7H2,2H3/q+1. The molecule has 0 spiro atoms. The fourth-order valence-electron chi connectivity index (χ4n) is 0.289. The van der Waals surface area contributed by atoms with Gasteiger partial charge >= 0.3 is 0 Å². The lowest BCUT2D eigenvalue weighted by Gasteiger charge is -1.74. The van der Waals surface area contributed by atoms with E-state index in [4.69, 9.17) is 0 Å². The second kappa shape index (κ2) is 5.43. The summed E-state index contributed by atoms with van der Waals surface area (Å²) in [6, 6.07) is 0. The topological polar surface area (TPSA) is 0 Å². The molecular formula is C7H10+. The van der Waals surface area contributed by atoms with Crippen LogP contribution in [0.25, 0.3) is 0 Å². The normalized spacial score (nSPS) is 7.00. The molecule has 37 valence electrons. The summed E-state index contributed by atoms with van der Waals surface area (Å²) in [7, 11) is 0. The summed E-state index contributed by atoms with van der Waals surface area (Å²) < 4.78 is 0. The van der Waals surface area contributed by atoms with Crippen LogP contribution >= 0.6 is 0 Å². The Balaban J connectivity index is 2.78. The second-order valence-corrected chi connectivity index (χ2v) is 1.25. The molecule has 0 bridgehead atoms. The van der Waals surface area contributed by atoms with Gasteiger partial charge in [-0.2, -0.15) is 0 Å². The molecule has 0 amide bonds. The summed E-state index contributed by atoms with van der Waals surface area (Å²) in [5.74, 6) is 5.40. The van der Waals surface area contributed by atoms with Crippen LogP contribution in [0.5, 0.6) is 0 Å². The first kappa shape index (κ1) is 6.43. The van der Waals surface area contributed by atoms with Crippen LogP contribution in [0.1, 0.15) is 19.8 Å². The highest BCUT2D eigenvalue weighted by Gasteiger charge is 1.80. The first-order chi connectivity index (χ1) is 3.41. The highest BCUT2D eigenvalue weighted by molar-refractivity contribution is 5.03. The van der Waals surface area contributed by atoms with Gasteiger partial charge in [-0.1, -0.05) is 13.3 Å². The molecule has 0 N–H and O–H groups in total. The van der Waals surface area contributed by atoms with E-state index in [0.717, 1.165) is 12.8 Å². The highest BCUT2D eigenvalue weighted by Crippen LogP contribution is 1.87. The van der Waals surface area contributed by atoms with Gasteiger partial charge in [-0.25, -0.2) is 0 Å². The molecule has 0 aromatic rings. The smallest absolute Gasteiger partial charge is 0.0650 e. The second-order valence-electron chi connectivity index (χ2n) is 1.25. The minimum Gasteiger partial charge on any atom is -0.0650 e. The molecule has 0 rings (SSSR count). The largest absolute Gasteiger partial charge is 0.135 e. The molecule has 0 aliphatic heterocycles. The van der Waals surface area contributed by atoms with E-state index in [1.54, 1.807) is 0 Å². The third kappa shape index (κ3) is 5.43. The third-order valence-electron chi connectivity index (χ3n) is 0.660. The zero-order valence-electron chi connectivity index (χ0n) is 4.70. The van der Waals surface area contributed by atoms with Gasteiger partial charge in [0.25, 0.3) is 0 Å². The molecule has 0 saturated carbocycles. The van der Waals surface area contributed by atoms with Gasteiger partial charge in [-0.05, 0) is 6.42 Å². The summed E-state index contributed by atoms with van der Waals surface area (Å²) in [6.45, 7) is 5.48. The van der Waals surface area contributed by atoms with E-state index in [1.165, 1.54) is 0 Å². The van der Waals surface area contributed by atoms with E-state index in [9.17, 15) is 0 Å². The number of hydrogen-bond acceptors (Lipinski definition) is 0. The molecule has 7 heavy (non-hydrogen) atoms. The van der Waals surface area contributed by atoms with Crippen LogP contribution in [-0.4, -0.2) is 0 Å².